The summed E-state index contributed by atoms with van der Waals surface area (Å²) in [6, 6.07) is 0. The van der Waals surface area contributed by atoms with E-state index in [9.17, 15) is 0 Å². The van der Waals surface area contributed by atoms with Gasteiger partial charge in [-0.15, -0.1) is 0 Å². The first-order valence-electron chi connectivity index (χ1n) is 6.22. The highest BCUT2D eigenvalue weighted by Gasteiger charge is 2.16. The number of rotatable bonds is 7. The van der Waals surface area contributed by atoms with E-state index in [-0.39, 0.29) is 6.10 Å². The fraction of sp³-hybridized carbons (Fsp3) is 0.769. The quantitative estimate of drug-likeness (QED) is 0.709. The average molecular weight is 224 g/mol. The van der Waals surface area contributed by atoms with Crippen molar-refractivity contribution in [1.82, 2.24) is 9.55 Å². The van der Waals surface area contributed by atoms with Gasteiger partial charge in [-0.25, -0.2) is 4.98 Å². The summed E-state index contributed by atoms with van der Waals surface area (Å²) in [6.07, 6.45) is 7.51. The molecule has 0 fully saturated rings. The van der Waals surface area contributed by atoms with Crippen LogP contribution < -0.4 is 0 Å². The monoisotopic (exact) mass is 224 g/mol. The van der Waals surface area contributed by atoms with Gasteiger partial charge in [0.15, 0.2) is 0 Å². The molecular formula is C13H24N2O. The molecule has 1 heterocycles. The molecule has 1 aromatic heterocycles. The Morgan fingerprint density at radius 2 is 2.19 bits per heavy atom. The third-order valence-electron chi connectivity index (χ3n) is 2.70. The highest BCUT2D eigenvalue weighted by atomic mass is 16.5. The largest absolute Gasteiger partial charge is 0.374 e. The number of ether oxygens (including phenoxy) is 1. The van der Waals surface area contributed by atoms with Crippen LogP contribution in [0.5, 0.6) is 0 Å². The molecule has 0 aliphatic carbocycles. The van der Waals surface area contributed by atoms with E-state index in [1.807, 2.05) is 12.4 Å². The lowest BCUT2D eigenvalue weighted by atomic mass is 10.1. The van der Waals surface area contributed by atoms with Crippen LogP contribution in [0.1, 0.15) is 52.0 Å². The van der Waals surface area contributed by atoms with Crippen molar-refractivity contribution in [3.63, 3.8) is 0 Å². The third kappa shape index (κ3) is 3.63. The zero-order chi connectivity index (χ0) is 12.0. The van der Waals surface area contributed by atoms with E-state index in [1.54, 1.807) is 7.11 Å². The fourth-order valence-electron chi connectivity index (χ4n) is 1.90. The molecule has 0 amide bonds. The van der Waals surface area contributed by atoms with Crippen molar-refractivity contribution in [3.05, 3.63) is 18.2 Å². The van der Waals surface area contributed by atoms with E-state index < -0.39 is 0 Å². The zero-order valence-corrected chi connectivity index (χ0v) is 10.9. The molecular weight excluding hydrogens is 200 g/mol. The molecule has 0 radical (unpaired) electrons. The minimum absolute atomic E-state index is 0.147. The van der Waals surface area contributed by atoms with Crippen molar-refractivity contribution in [2.75, 3.05) is 7.11 Å². The molecule has 0 saturated heterocycles. The van der Waals surface area contributed by atoms with E-state index >= 15 is 0 Å². The molecule has 1 atom stereocenters. The maximum atomic E-state index is 5.54. The van der Waals surface area contributed by atoms with Crippen molar-refractivity contribution in [3.8, 4) is 0 Å². The second kappa shape index (κ2) is 6.69. The van der Waals surface area contributed by atoms with Gasteiger partial charge in [-0.2, -0.15) is 0 Å². The van der Waals surface area contributed by atoms with Gasteiger partial charge in [-0.1, -0.05) is 33.6 Å². The van der Waals surface area contributed by atoms with Crippen LogP contribution in [-0.4, -0.2) is 16.7 Å². The summed E-state index contributed by atoms with van der Waals surface area (Å²) in [7, 11) is 1.77. The molecule has 0 bridgehead atoms. The van der Waals surface area contributed by atoms with Crippen LogP contribution in [-0.2, 0) is 11.3 Å². The Kier molecular flexibility index (Phi) is 5.53. The van der Waals surface area contributed by atoms with Crippen LogP contribution in [0.25, 0.3) is 0 Å². The molecule has 0 aliphatic heterocycles. The highest BCUT2D eigenvalue weighted by Crippen LogP contribution is 2.21. The van der Waals surface area contributed by atoms with E-state index in [4.69, 9.17) is 4.74 Å². The summed E-state index contributed by atoms with van der Waals surface area (Å²) in [6.45, 7) is 7.66. The second-order valence-corrected chi connectivity index (χ2v) is 4.70. The Morgan fingerprint density at radius 3 is 2.75 bits per heavy atom. The highest BCUT2D eigenvalue weighted by molar-refractivity contribution is 4.97. The van der Waals surface area contributed by atoms with Crippen molar-refractivity contribution in [1.29, 1.82) is 0 Å². The predicted octanol–water partition coefficient (Wildman–Crippen LogP) is 3.42. The maximum Gasteiger partial charge on any atom is 0.137 e. The van der Waals surface area contributed by atoms with E-state index in [1.165, 1.54) is 12.8 Å². The molecule has 1 unspecified atom stereocenters. The van der Waals surface area contributed by atoms with Gasteiger partial charge in [0.05, 0.1) is 0 Å². The average Bonchev–Trinajstić information content (AvgIpc) is 2.67. The predicted molar refractivity (Wildman–Crippen MR) is 66.3 cm³/mol. The lowest BCUT2D eigenvalue weighted by Gasteiger charge is -2.17. The van der Waals surface area contributed by atoms with Gasteiger partial charge in [-0.05, 0) is 12.3 Å². The summed E-state index contributed by atoms with van der Waals surface area (Å²) in [5.74, 6) is 1.71. The number of nitrogens with zero attached hydrogens (tertiary/aromatic N) is 2. The normalized spacial score (nSPS) is 13.3. The number of aromatic nitrogens is 2. The number of unbranched alkanes of at least 4 members (excludes halogenated alkanes) is 1. The molecule has 0 aliphatic rings. The van der Waals surface area contributed by atoms with E-state index in [0.29, 0.717) is 5.92 Å². The zero-order valence-electron chi connectivity index (χ0n) is 10.9. The molecule has 16 heavy (non-hydrogen) atoms. The summed E-state index contributed by atoms with van der Waals surface area (Å²) >= 11 is 0. The number of hydrogen-bond donors (Lipinski definition) is 0. The fourth-order valence-corrected chi connectivity index (χ4v) is 1.90. The summed E-state index contributed by atoms with van der Waals surface area (Å²) in [5.41, 5.74) is 0. The van der Waals surface area contributed by atoms with Gasteiger partial charge in [-0.3, -0.25) is 0 Å². The van der Waals surface area contributed by atoms with Gasteiger partial charge in [0, 0.05) is 26.0 Å². The minimum Gasteiger partial charge on any atom is -0.374 e. The molecule has 0 aromatic carbocycles. The lowest BCUT2D eigenvalue weighted by molar-refractivity contribution is 0.0825. The maximum absolute atomic E-state index is 5.54. The summed E-state index contributed by atoms with van der Waals surface area (Å²) < 4.78 is 7.75. The molecule has 0 saturated carbocycles. The van der Waals surface area contributed by atoms with Crippen molar-refractivity contribution < 1.29 is 4.74 Å². The molecule has 1 aromatic rings. The number of methoxy groups -OCH3 is 1. The van der Waals surface area contributed by atoms with Crippen LogP contribution in [0, 0.1) is 5.92 Å². The van der Waals surface area contributed by atoms with Gasteiger partial charge in [0.2, 0.25) is 0 Å². The first kappa shape index (κ1) is 13.2. The number of hydrogen-bond acceptors (Lipinski definition) is 2. The van der Waals surface area contributed by atoms with Crippen LogP contribution in [0.2, 0.25) is 0 Å². The first-order chi connectivity index (χ1) is 7.69. The Labute approximate surface area is 98.8 Å². The Hall–Kier alpha value is -0.830. The minimum atomic E-state index is 0.147. The smallest absolute Gasteiger partial charge is 0.137 e. The van der Waals surface area contributed by atoms with Crippen molar-refractivity contribution in [2.24, 2.45) is 5.92 Å². The molecule has 0 spiro atoms. The van der Waals surface area contributed by atoms with E-state index in [2.05, 4.69) is 30.3 Å². The lowest BCUT2D eigenvalue weighted by Crippen LogP contribution is -2.13. The van der Waals surface area contributed by atoms with Crippen LogP contribution in [0.15, 0.2) is 12.4 Å². The van der Waals surface area contributed by atoms with Gasteiger partial charge < -0.3 is 9.30 Å². The summed E-state index contributed by atoms with van der Waals surface area (Å²) in [4.78, 5) is 4.43. The Morgan fingerprint density at radius 1 is 1.44 bits per heavy atom. The standard InChI is InChI=1S/C13H24N2O/c1-5-6-7-12(16-4)13-14-8-9-15(13)10-11(2)3/h8-9,11-12H,5-7,10H2,1-4H3. The first-order valence-corrected chi connectivity index (χ1v) is 6.22. The molecule has 0 N–H and O–H groups in total. The third-order valence-corrected chi connectivity index (χ3v) is 2.70. The van der Waals surface area contributed by atoms with Crippen molar-refractivity contribution >= 4 is 0 Å². The number of imidazole rings is 1. The second-order valence-electron chi connectivity index (χ2n) is 4.70. The van der Waals surface area contributed by atoms with E-state index in [0.717, 1.165) is 18.8 Å². The van der Waals surface area contributed by atoms with Gasteiger partial charge >= 0.3 is 0 Å². The molecule has 92 valence electrons. The molecule has 1 rings (SSSR count). The van der Waals surface area contributed by atoms with Crippen LogP contribution >= 0.6 is 0 Å². The Bertz CT molecular complexity index is 294. The van der Waals surface area contributed by atoms with Crippen LogP contribution in [0.3, 0.4) is 0 Å². The summed E-state index contributed by atoms with van der Waals surface area (Å²) in [5, 5.41) is 0. The van der Waals surface area contributed by atoms with Gasteiger partial charge in [0.25, 0.3) is 0 Å². The van der Waals surface area contributed by atoms with Gasteiger partial charge in [0.1, 0.15) is 11.9 Å². The topological polar surface area (TPSA) is 27.1 Å². The Balaban J connectivity index is 2.71. The SMILES string of the molecule is CCCCC(OC)c1nccn1CC(C)C. The molecule has 3 heteroatoms. The molecule has 3 nitrogen and oxygen atoms in total. The van der Waals surface area contributed by atoms with Crippen LogP contribution in [0.4, 0.5) is 0 Å². The van der Waals surface area contributed by atoms with Crippen molar-refractivity contribution in [2.45, 2.75) is 52.7 Å².